The first kappa shape index (κ1) is 15.4. The first-order valence-electron chi connectivity index (χ1n) is 7.72. The number of aryl methyl sites for hydroxylation is 1. The van der Waals surface area contributed by atoms with Crippen LogP contribution in [0.1, 0.15) is 38.2 Å². The van der Waals surface area contributed by atoms with Gasteiger partial charge in [0.25, 0.3) is 0 Å². The summed E-state index contributed by atoms with van der Waals surface area (Å²) in [5.74, 6) is -0.0170. The summed E-state index contributed by atoms with van der Waals surface area (Å²) < 4.78 is 27.7. The van der Waals surface area contributed by atoms with Crippen molar-refractivity contribution in [2.75, 3.05) is 0 Å². The number of hydrogen-bond acceptors (Lipinski definition) is 3. The van der Waals surface area contributed by atoms with E-state index in [1.54, 1.807) is 16.4 Å². The van der Waals surface area contributed by atoms with Crippen LogP contribution in [-0.2, 0) is 14.8 Å². The van der Waals surface area contributed by atoms with Crippen LogP contribution in [-0.4, -0.2) is 30.6 Å². The van der Waals surface area contributed by atoms with E-state index in [9.17, 15) is 13.2 Å². The predicted molar refractivity (Wildman–Crippen MR) is 85.0 cm³/mol. The van der Waals surface area contributed by atoms with Crippen molar-refractivity contribution in [2.24, 2.45) is 0 Å². The lowest BCUT2D eigenvalue weighted by atomic mass is 9.98. The fourth-order valence-corrected chi connectivity index (χ4v) is 5.45. The largest absolute Gasteiger partial charge is 0.295 e. The number of carbonyl (C=O) groups is 1. The second-order valence-electron chi connectivity index (χ2n) is 6.19. The molecule has 0 N–H and O–H groups in total. The van der Waals surface area contributed by atoms with Crippen LogP contribution in [0.15, 0.2) is 40.8 Å². The number of carbonyl (C=O) groups excluding carboxylic acids is 1. The Morgan fingerprint density at radius 2 is 1.82 bits per heavy atom. The smallest absolute Gasteiger partial charge is 0.243 e. The van der Waals surface area contributed by atoms with Gasteiger partial charge in [0, 0.05) is 11.6 Å². The minimum absolute atomic E-state index is 0.00408. The monoisotopic (exact) mass is 319 g/mol. The van der Waals surface area contributed by atoms with Crippen molar-refractivity contribution in [1.29, 1.82) is 0 Å². The first-order valence-corrected chi connectivity index (χ1v) is 9.16. The van der Waals surface area contributed by atoms with E-state index in [0.29, 0.717) is 10.5 Å². The fraction of sp³-hybridized carbons (Fsp3) is 0.471. The Hall–Kier alpha value is -1.46. The maximum absolute atomic E-state index is 13.1. The van der Waals surface area contributed by atoms with Crippen LogP contribution in [0.5, 0.6) is 0 Å². The van der Waals surface area contributed by atoms with Crippen molar-refractivity contribution < 1.29 is 13.2 Å². The average Bonchev–Trinajstić information content (AvgIpc) is 2.75. The van der Waals surface area contributed by atoms with Crippen LogP contribution in [0.2, 0.25) is 0 Å². The summed E-state index contributed by atoms with van der Waals surface area (Å²) in [4.78, 5) is 12.2. The van der Waals surface area contributed by atoms with E-state index < -0.39 is 10.0 Å². The average molecular weight is 319 g/mol. The van der Waals surface area contributed by atoms with E-state index in [1.807, 2.05) is 25.1 Å². The van der Waals surface area contributed by atoms with Crippen LogP contribution in [0.25, 0.3) is 0 Å². The summed E-state index contributed by atoms with van der Waals surface area (Å²) >= 11 is 0. The number of ketones is 1. The minimum Gasteiger partial charge on any atom is -0.295 e. The topological polar surface area (TPSA) is 54.5 Å². The number of sulfonamides is 1. The third kappa shape index (κ3) is 2.52. The van der Waals surface area contributed by atoms with Gasteiger partial charge in [-0.2, -0.15) is 4.31 Å². The Kier molecular flexibility index (Phi) is 3.95. The Morgan fingerprint density at radius 1 is 1.14 bits per heavy atom. The number of benzene rings is 1. The molecule has 3 rings (SSSR count). The van der Waals surface area contributed by atoms with Gasteiger partial charge in [-0.1, -0.05) is 23.8 Å². The maximum Gasteiger partial charge on any atom is 0.243 e. The molecule has 1 fully saturated rings. The van der Waals surface area contributed by atoms with E-state index in [-0.39, 0.29) is 17.9 Å². The first-order chi connectivity index (χ1) is 10.4. The van der Waals surface area contributed by atoms with Crippen LogP contribution in [0.4, 0.5) is 0 Å². The molecule has 0 aromatic heterocycles. The third-order valence-electron chi connectivity index (χ3n) is 4.67. The number of fused-ring (bicyclic) bond motifs is 2. The molecule has 0 amide bonds. The normalized spacial score (nSPS) is 25.6. The molecule has 0 unspecified atom stereocenters. The lowest BCUT2D eigenvalue weighted by Crippen LogP contribution is -2.42. The Labute approximate surface area is 131 Å². The third-order valence-corrected chi connectivity index (χ3v) is 6.64. The molecule has 0 aliphatic carbocycles. The number of nitrogens with zero attached hydrogens (tertiary/aromatic N) is 1. The van der Waals surface area contributed by atoms with Gasteiger partial charge in [0.15, 0.2) is 5.78 Å². The molecule has 2 heterocycles. The summed E-state index contributed by atoms with van der Waals surface area (Å²) in [6.45, 7) is 3.46. The van der Waals surface area contributed by atoms with Crippen LogP contribution < -0.4 is 0 Å². The predicted octanol–water partition coefficient (Wildman–Crippen LogP) is 2.83. The minimum atomic E-state index is -3.56. The zero-order chi connectivity index (χ0) is 15.9. The van der Waals surface area contributed by atoms with E-state index in [2.05, 4.69) is 0 Å². The zero-order valence-corrected chi connectivity index (χ0v) is 13.8. The number of hydrogen-bond donors (Lipinski definition) is 0. The summed E-state index contributed by atoms with van der Waals surface area (Å²) in [7, 11) is -3.56. The maximum atomic E-state index is 13.1. The van der Waals surface area contributed by atoms with Crippen molar-refractivity contribution in [3.8, 4) is 0 Å². The highest BCUT2D eigenvalue weighted by molar-refractivity contribution is 7.89. The molecule has 0 radical (unpaired) electrons. The quantitative estimate of drug-likeness (QED) is 0.861. The second-order valence-corrected chi connectivity index (χ2v) is 8.03. The highest BCUT2D eigenvalue weighted by Crippen LogP contribution is 2.39. The second kappa shape index (κ2) is 5.63. The summed E-state index contributed by atoms with van der Waals surface area (Å²) in [6, 6.07) is 6.65. The standard InChI is InChI=1S/C17H21NO3S/c1-12-6-9-15(10-7-12)22(20,21)18-14-4-3-5-16(13(2)19)17(18)11-8-14/h5-7,9-10,14,17H,3-4,8,11H2,1-2H3/t14-,17-/m1/s1. The molecule has 2 atom stereocenters. The molecule has 2 aliphatic rings. The molecule has 2 bridgehead atoms. The van der Waals surface area contributed by atoms with Gasteiger partial charge < -0.3 is 0 Å². The molecule has 0 spiro atoms. The van der Waals surface area contributed by atoms with Gasteiger partial charge in [-0.25, -0.2) is 8.42 Å². The summed E-state index contributed by atoms with van der Waals surface area (Å²) in [5, 5.41) is 0. The van der Waals surface area contributed by atoms with Crippen LogP contribution >= 0.6 is 0 Å². The molecule has 22 heavy (non-hydrogen) atoms. The van der Waals surface area contributed by atoms with Gasteiger partial charge in [0.2, 0.25) is 10.0 Å². The number of allylic oxidation sites excluding steroid dienone is 1. The van der Waals surface area contributed by atoms with Gasteiger partial charge >= 0.3 is 0 Å². The lowest BCUT2D eigenvalue weighted by Gasteiger charge is -2.28. The van der Waals surface area contributed by atoms with Crippen molar-refractivity contribution in [2.45, 2.75) is 56.5 Å². The highest BCUT2D eigenvalue weighted by atomic mass is 32.2. The molecule has 1 saturated heterocycles. The van der Waals surface area contributed by atoms with E-state index >= 15 is 0 Å². The van der Waals surface area contributed by atoms with Gasteiger partial charge in [0.05, 0.1) is 10.9 Å². The SMILES string of the molecule is CC(=O)C1=CCC[C@@H]2CC[C@H]1N2S(=O)(=O)c1ccc(C)cc1. The Balaban J connectivity index is 2.04. The van der Waals surface area contributed by atoms with Crippen molar-refractivity contribution in [3.05, 3.63) is 41.5 Å². The summed E-state index contributed by atoms with van der Waals surface area (Å²) in [6.07, 6.45) is 5.07. The molecule has 5 heteroatoms. The van der Waals surface area contributed by atoms with Gasteiger partial charge in [0.1, 0.15) is 0 Å². The lowest BCUT2D eigenvalue weighted by molar-refractivity contribution is -0.114. The van der Waals surface area contributed by atoms with Gasteiger partial charge in [-0.05, 0) is 51.7 Å². The Bertz CT molecular complexity index is 719. The van der Waals surface area contributed by atoms with Crippen molar-refractivity contribution in [3.63, 3.8) is 0 Å². The number of Topliss-reactive ketones (excluding diaryl/α,β-unsaturated/α-hetero) is 1. The van der Waals surface area contributed by atoms with E-state index in [1.165, 1.54) is 6.92 Å². The highest BCUT2D eigenvalue weighted by Gasteiger charge is 2.45. The fourth-order valence-electron chi connectivity index (χ4n) is 3.56. The molecule has 118 valence electrons. The van der Waals surface area contributed by atoms with E-state index in [0.717, 1.165) is 31.2 Å². The molecule has 2 aliphatic heterocycles. The van der Waals surface area contributed by atoms with Crippen LogP contribution in [0.3, 0.4) is 0 Å². The molecule has 1 aromatic rings. The Morgan fingerprint density at radius 3 is 2.45 bits per heavy atom. The number of rotatable bonds is 3. The molecule has 0 saturated carbocycles. The molecular formula is C17H21NO3S. The molecule has 4 nitrogen and oxygen atoms in total. The summed E-state index contributed by atoms with van der Waals surface area (Å²) in [5.41, 5.74) is 1.69. The van der Waals surface area contributed by atoms with Gasteiger partial charge in [-0.3, -0.25) is 4.79 Å². The zero-order valence-electron chi connectivity index (χ0n) is 13.0. The molecular weight excluding hydrogens is 298 g/mol. The van der Waals surface area contributed by atoms with E-state index in [4.69, 9.17) is 0 Å². The van der Waals surface area contributed by atoms with Crippen LogP contribution in [0, 0.1) is 6.92 Å². The molecule has 1 aromatic carbocycles. The van der Waals surface area contributed by atoms with Crippen molar-refractivity contribution in [1.82, 2.24) is 4.31 Å². The van der Waals surface area contributed by atoms with Gasteiger partial charge in [-0.15, -0.1) is 0 Å². The van der Waals surface area contributed by atoms with Crippen molar-refractivity contribution >= 4 is 15.8 Å².